The number of hydrogen-bond donors (Lipinski definition) is 1. The van der Waals surface area contributed by atoms with Crippen LogP contribution in [0.4, 0.5) is 10.5 Å². The number of amides is 2. The molecule has 0 radical (unpaired) electrons. The molecular formula is C27H30N2O8. The van der Waals surface area contributed by atoms with Gasteiger partial charge in [-0.2, -0.15) is 0 Å². The summed E-state index contributed by atoms with van der Waals surface area (Å²) in [4.78, 5) is 41.2. The van der Waals surface area contributed by atoms with Gasteiger partial charge in [-0.05, 0) is 37.5 Å². The van der Waals surface area contributed by atoms with Gasteiger partial charge in [-0.25, -0.2) is 9.69 Å². The number of fused-ring (bicyclic) bond motifs is 2. The number of carboxylic acids is 1. The van der Waals surface area contributed by atoms with Gasteiger partial charge >= 0.3 is 12.1 Å². The molecular weight excluding hydrogens is 480 g/mol. The van der Waals surface area contributed by atoms with E-state index in [2.05, 4.69) is 6.58 Å². The minimum atomic E-state index is -0.930. The fourth-order valence-electron chi connectivity index (χ4n) is 4.57. The average molecular weight is 511 g/mol. The number of nitrogens with zero attached hydrogens (tertiary/aromatic N) is 2. The van der Waals surface area contributed by atoms with E-state index >= 15 is 0 Å². The number of benzene rings is 2. The number of para-hydroxylation sites is 1. The molecule has 0 spiro atoms. The standard InChI is InChI=1S/C27H30N2O8/c1-3-14-36-27(33)29-21-17-23(35-15-8-12-24(30)31)22(34-2)16-19(21)25(32)28-13-7-11-20(28)26(29)37-18-9-5-4-6-10-18/h3-6,9-10,16-17,20,26H,1,7-8,11-15H2,2H3,(H,30,31). The Morgan fingerprint density at radius 2 is 1.97 bits per heavy atom. The Hall–Kier alpha value is -4.21. The largest absolute Gasteiger partial charge is 0.493 e. The van der Waals surface area contributed by atoms with Gasteiger partial charge in [0.05, 0.1) is 31.0 Å². The fourth-order valence-corrected chi connectivity index (χ4v) is 4.57. The number of anilines is 1. The fraction of sp³-hybridized carbons (Fsp3) is 0.370. The number of carbonyl (C=O) groups excluding carboxylic acids is 2. The quantitative estimate of drug-likeness (QED) is 0.375. The van der Waals surface area contributed by atoms with E-state index in [0.717, 1.165) is 6.42 Å². The van der Waals surface area contributed by atoms with E-state index in [1.807, 2.05) is 18.2 Å². The van der Waals surface area contributed by atoms with E-state index in [-0.39, 0.29) is 49.0 Å². The van der Waals surface area contributed by atoms with Gasteiger partial charge in [-0.1, -0.05) is 30.9 Å². The molecule has 0 aliphatic carbocycles. The molecule has 2 aromatic carbocycles. The van der Waals surface area contributed by atoms with Crippen LogP contribution < -0.4 is 19.1 Å². The summed E-state index contributed by atoms with van der Waals surface area (Å²) in [6.45, 7) is 4.21. The number of methoxy groups -OCH3 is 1. The number of carbonyl (C=O) groups is 3. The van der Waals surface area contributed by atoms with Crippen LogP contribution in [-0.4, -0.2) is 67.1 Å². The van der Waals surface area contributed by atoms with Gasteiger partial charge in [0.15, 0.2) is 11.5 Å². The van der Waals surface area contributed by atoms with Crippen LogP contribution >= 0.6 is 0 Å². The zero-order valence-corrected chi connectivity index (χ0v) is 20.6. The molecule has 1 saturated heterocycles. The summed E-state index contributed by atoms with van der Waals surface area (Å²) in [5, 5.41) is 8.92. The first-order chi connectivity index (χ1) is 17.9. The molecule has 10 nitrogen and oxygen atoms in total. The Labute approximate surface area is 215 Å². The second-order valence-electron chi connectivity index (χ2n) is 8.63. The van der Waals surface area contributed by atoms with Crippen LogP contribution in [0.25, 0.3) is 0 Å². The molecule has 1 N–H and O–H groups in total. The Morgan fingerprint density at radius 1 is 1.19 bits per heavy atom. The lowest BCUT2D eigenvalue weighted by Gasteiger charge is -2.35. The van der Waals surface area contributed by atoms with Gasteiger partial charge in [0.25, 0.3) is 5.91 Å². The van der Waals surface area contributed by atoms with Crippen molar-refractivity contribution in [3.63, 3.8) is 0 Å². The highest BCUT2D eigenvalue weighted by atomic mass is 16.6. The Kier molecular flexibility index (Phi) is 8.17. The number of carboxylic acid groups (broad SMARTS) is 1. The molecule has 196 valence electrons. The second kappa shape index (κ2) is 11.7. The van der Waals surface area contributed by atoms with Gasteiger partial charge in [0.2, 0.25) is 6.23 Å². The van der Waals surface area contributed by atoms with Crippen molar-refractivity contribution in [2.45, 2.75) is 38.0 Å². The van der Waals surface area contributed by atoms with Gasteiger partial charge in [0.1, 0.15) is 12.4 Å². The minimum Gasteiger partial charge on any atom is -0.493 e. The predicted octanol–water partition coefficient (Wildman–Crippen LogP) is 4.09. The van der Waals surface area contributed by atoms with Crippen molar-refractivity contribution in [2.24, 2.45) is 0 Å². The van der Waals surface area contributed by atoms with E-state index in [1.54, 1.807) is 23.1 Å². The molecule has 2 aromatic rings. The zero-order valence-electron chi connectivity index (χ0n) is 20.6. The highest BCUT2D eigenvalue weighted by molar-refractivity contribution is 6.06. The number of hydrogen-bond acceptors (Lipinski definition) is 7. The van der Waals surface area contributed by atoms with E-state index in [9.17, 15) is 14.4 Å². The molecule has 0 saturated carbocycles. The Bertz CT molecular complexity index is 1150. The summed E-state index contributed by atoms with van der Waals surface area (Å²) >= 11 is 0. The van der Waals surface area contributed by atoms with Crippen molar-refractivity contribution in [3.8, 4) is 17.2 Å². The lowest BCUT2D eigenvalue weighted by atomic mass is 10.1. The first-order valence-corrected chi connectivity index (χ1v) is 12.1. The molecule has 0 bridgehead atoms. The van der Waals surface area contributed by atoms with Crippen molar-refractivity contribution >= 4 is 23.7 Å². The first-order valence-electron chi connectivity index (χ1n) is 12.1. The number of ether oxygens (including phenoxy) is 4. The van der Waals surface area contributed by atoms with Gasteiger partial charge in [-0.15, -0.1) is 0 Å². The van der Waals surface area contributed by atoms with Crippen molar-refractivity contribution in [3.05, 3.63) is 60.7 Å². The van der Waals surface area contributed by atoms with E-state index in [0.29, 0.717) is 24.5 Å². The maximum Gasteiger partial charge on any atom is 0.417 e. The van der Waals surface area contributed by atoms with Crippen molar-refractivity contribution in [1.29, 1.82) is 0 Å². The normalized spacial score (nSPS) is 18.4. The molecule has 2 unspecified atom stereocenters. The molecule has 2 atom stereocenters. The monoisotopic (exact) mass is 510 g/mol. The summed E-state index contributed by atoms with van der Waals surface area (Å²) in [7, 11) is 1.45. The van der Waals surface area contributed by atoms with Crippen LogP contribution in [0.2, 0.25) is 0 Å². The summed E-state index contributed by atoms with van der Waals surface area (Å²) in [5.74, 6) is -0.0912. The lowest BCUT2D eigenvalue weighted by molar-refractivity contribution is -0.137. The van der Waals surface area contributed by atoms with Crippen LogP contribution in [0.5, 0.6) is 17.2 Å². The summed E-state index contributed by atoms with van der Waals surface area (Å²) < 4.78 is 23.1. The maximum absolute atomic E-state index is 13.7. The minimum absolute atomic E-state index is 0.0280. The van der Waals surface area contributed by atoms with Crippen molar-refractivity contribution in [2.75, 3.05) is 31.8 Å². The predicted molar refractivity (Wildman–Crippen MR) is 134 cm³/mol. The Morgan fingerprint density at radius 3 is 2.68 bits per heavy atom. The highest BCUT2D eigenvalue weighted by Gasteiger charge is 2.47. The van der Waals surface area contributed by atoms with E-state index in [4.69, 9.17) is 24.1 Å². The highest BCUT2D eigenvalue weighted by Crippen LogP contribution is 2.42. The SMILES string of the molecule is C=CCOC(=O)N1c2cc(OCCCC(=O)O)c(OC)cc2C(=O)N2CCCC2C1Oc1ccccc1. The molecule has 37 heavy (non-hydrogen) atoms. The average Bonchev–Trinajstić information content (AvgIpc) is 3.36. The molecule has 1 fully saturated rings. The third-order valence-electron chi connectivity index (χ3n) is 6.23. The van der Waals surface area contributed by atoms with Crippen molar-refractivity contribution < 1.29 is 38.4 Å². The van der Waals surface area contributed by atoms with Crippen LogP contribution in [0.3, 0.4) is 0 Å². The van der Waals surface area contributed by atoms with Crippen LogP contribution in [0.15, 0.2) is 55.1 Å². The van der Waals surface area contributed by atoms with Gasteiger partial charge < -0.3 is 29.0 Å². The Balaban J connectivity index is 1.81. The van der Waals surface area contributed by atoms with E-state index in [1.165, 1.54) is 24.2 Å². The van der Waals surface area contributed by atoms with Gasteiger partial charge in [0, 0.05) is 19.0 Å². The summed E-state index contributed by atoms with van der Waals surface area (Å²) in [6, 6.07) is 11.7. The molecule has 2 aliphatic heterocycles. The van der Waals surface area contributed by atoms with Crippen LogP contribution in [-0.2, 0) is 9.53 Å². The lowest BCUT2D eigenvalue weighted by Crippen LogP contribution is -2.54. The third kappa shape index (κ3) is 5.63. The number of rotatable bonds is 10. The summed E-state index contributed by atoms with van der Waals surface area (Å²) in [6.07, 6.45) is 1.49. The second-order valence-corrected chi connectivity index (χ2v) is 8.63. The molecule has 2 amide bonds. The molecule has 2 aliphatic rings. The first kappa shape index (κ1) is 25.9. The zero-order chi connectivity index (χ0) is 26.4. The molecule has 0 aromatic heterocycles. The maximum atomic E-state index is 13.7. The van der Waals surface area contributed by atoms with E-state index < -0.39 is 24.3 Å². The smallest absolute Gasteiger partial charge is 0.417 e. The van der Waals surface area contributed by atoms with Crippen molar-refractivity contribution in [1.82, 2.24) is 4.90 Å². The third-order valence-corrected chi connectivity index (χ3v) is 6.23. The molecule has 2 heterocycles. The summed E-state index contributed by atoms with van der Waals surface area (Å²) in [5.41, 5.74) is 0.500. The van der Waals surface area contributed by atoms with Crippen LogP contribution in [0, 0.1) is 0 Å². The van der Waals surface area contributed by atoms with Gasteiger partial charge in [-0.3, -0.25) is 9.59 Å². The number of aliphatic carboxylic acids is 1. The van der Waals surface area contributed by atoms with Crippen LogP contribution in [0.1, 0.15) is 36.0 Å². The molecule has 4 rings (SSSR count). The topological polar surface area (TPSA) is 115 Å². The molecule has 10 heteroatoms.